The lowest BCUT2D eigenvalue weighted by molar-refractivity contribution is 0.0740. The number of aryl methyl sites for hydroxylation is 2. The molecule has 34 heavy (non-hydrogen) atoms. The first-order valence-corrected chi connectivity index (χ1v) is 14.0. The van der Waals surface area contributed by atoms with Gasteiger partial charge in [0.25, 0.3) is 0 Å². The molecule has 3 aromatic rings. The average molecular weight is 477 g/mol. The zero-order valence-corrected chi connectivity index (χ0v) is 21.8. The lowest BCUT2D eigenvalue weighted by Gasteiger charge is -2.07. The number of thiophene rings is 1. The van der Waals surface area contributed by atoms with Crippen LogP contribution in [0.3, 0.4) is 0 Å². The van der Waals surface area contributed by atoms with Gasteiger partial charge in [0.15, 0.2) is 0 Å². The van der Waals surface area contributed by atoms with E-state index in [1.807, 2.05) is 30.3 Å². The van der Waals surface area contributed by atoms with Gasteiger partial charge < -0.3 is 4.74 Å². The van der Waals surface area contributed by atoms with E-state index in [0.717, 1.165) is 18.4 Å². The molecule has 0 saturated carbocycles. The Morgan fingerprint density at radius 2 is 1.21 bits per heavy atom. The maximum absolute atomic E-state index is 12.6. The molecule has 0 aliphatic rings. The maximum Gasteiger partial charge on any atom is 0.353 e. The van der Waals surface area contributed by atoms with Gasteiger partial charge in [0.05, 0.1) is 0 Å². The van der Waals surface area contributed by atoms with E-state index >= 15 is 0 Å². The van der Waals surface area contributed by atoms with Gasteiger partial charge in [0.1, 0.15) is 10.6 Å². The van der Waals surface area contributed by atoms with Crippen molar-refractivity contribution < 1.29 is 9.53 Å². The standard InChI is InChI=1S/C31H40O2S/c1-3-5-7-9-10-12-14-29-23-24-30(34-29)31(32)33-28-21-19-27(20-22-28)26-17-15-25(16-18-26)13-11-8-6-4-2/h15-24H,3-14H2,1-2H3. The van der Waals surface area contributed by atoms with Crippen molar-refractivity contribution in [1.82, 2.24) is 0 Å². The predicted octanol–water partition coefficient (Wildman–Crippen LogP) is 9.66. The monoisotopic (exact) mass is 476 g/mol. The summed E-state index contributed by atoms with van der Waals surface area (Å²) in [5.74, 6) is 0.326. The van der Waals surface area contributed by atoms with Crippen LogP contribution >= 0.6 is 11.3 Å². The third-order valence-corrected chi connectivity index (χ3v) is 7.44. The molecule has 2 aromatic carbocycles. The van der Waals surface area contributed by atoms with E-state index in [2.05, 4.69) is 44.2 Å². The fourth-order valence-electron chi connectivity index (χ4n) is 4.19. The Kier molecular flexibility index (Phi) is 11.4. The van der Waals surface area contributed by atoms with Crippen LogP contribution in [0.5, 0.6) is 5.75 Å². The first-order valence-electron chi connectivity index (χ1n) is 13.2. The fraction of sp³-hybridized carbons (Fsp3) is 0.452. The topological polar surface area (TPSA) is 26.3 Å². The zero-order chi connectivity index (χ0) is 24.0. The van der Waals surface area contributed by atoms with Crippen LogP contribution in [0.4, 0.5) is 0 Å². The Hall–Kier alpha value is -2.39. The molecule has 182 valence electrons. The minimum absolute atomic E-state index is 0.264. The molecule has 0 unspecified atom stereocenters. The maximum atomic E-state index is 12.6. The molecule has 3 rings (SSSR count). The number of esters is 1. The lowest BCUT2D eigenvalue weighted by atomic mass is 10.0. The van der Waals surface area contributed by atoms with Crippen molar-refractivity contribution >= 4 is 17.3 Å². The lowest BCUT2D eigenvalue weighted by Crippen LogP contribution is -2.06. The summed E-state index contributed by atoms with van der Waals surface area (Å²) in [6, 6.07) is 20.6. The van der Waals surface area contributed by atoms with E-state index in [1.165, 1.54) is 80.2 Å². The van der Waals surface area contributed by atoms with E-state index < -0.39 is 0 Å². The molecule has 3 heteroatoms. The van der Waals surface area contributed by atoms with Crippen LogP contribution in [0, 0.1) is 0 Å². The van der Waals surface area contributed by atoms with E-state index in [9.17, 15) is 4.79 Å². The second-order valence-corrected chi connectivity index (χ2v) is 10.4. The third kappa shape index (κ3) is 8.76. The summed E-state index contributed by atoms with van der Waals surface area (Å²) >= 11 is 1.56. The van der Waals surface area contributed by atoms with Gasteiger partial charge in [-0.2, -0.15) is 0 Å². The van der Waals surface area contributed by atoms with Crippen LogP contribution in [0.2, 0.25) is 0 Å². The smallest absolute Gasteiger partial charge is 0.353 e. The molecule has 0 amide bonds. The summed E-state index contributed by atoms with van der Waals surface area (Å²) in [4.78, 5) is 14.5. The minimum Gasteiger partial charge on any atom is -0.422 e. The summed E-state index contributed by atoms with van der Waals surface area (Å²) in [6.45, 7) is 4.49. The van der Waals surface area contributed by atoms with Gasteiger partial charge in [-0.25, -0.2) is 4.79 Å². The molecule has 1 aromatic heterocycles. The number of rotatable bonds is 15. The van der Waals surface area contributed by atoms with Crippen LogP contribution in [0.15, 0.2) is 60.7 Å². The summed E-state index contributed by atoms with van der Waals surface area (Å²) in [5.41, 5.74) is 3.72. The fourth-order valence-corrected chi connectivity index (χ4v) is 5.12. The molecule has 0 atom stereocenters. The van der Waals surface area contributed by atoms with Crippen LogP contribution in [0.25, 0.3) is 11.1 Å². The van der Waals surface area contributed by atoms with Crippen molar-refractivity contribution in [3.63, 3.8) is 0 Å². The number of hydrogen-bond donors (Lipinski definition) is 0. The number of benzene rings is 2. The highest BCUT2D eigenvalue weighted by Crippen LogP contribution is 2.25. The number of carbonyl (C=O) groups is 1. The third-order valence-electron chi connectivity index (χ3n) is 6.31. The van der Waals surface area contributed by atoms with Crippen LogP contribution < -0.4 is 4.74 Å². The van der Waals surface area contributed by atoms with Gasteiger partial charge in [-0.05, 0) is 66.6 Å². The second-order valence-electron chi connectivity index (χ2n) is 9.21. The van der Waals surface area contributed by atoms with Crippen molar-refractivity contribution in [3.8, 4) is 16.9 Å². The number of ether oxygens (including phenoxy) is 1. The largest absolute Gasteiger partial charge is 0.422 e. The normalized spacial score (nSPS) is 11.0. The average Bonchev–Trinajstić information content (AvgIpc) is 3.34. The predicted molar refractivity (Wildman–Crippen MR) is 146 cm³/mol. The van der Waals surface area contributed by atoms with Gasteiger partial charge in [-0.3, -0.25) is 0 Å². The van der Waals surface area contributed by atoms with Crippen LogP contribution in [-0.2, 0) is 12.8 Å². The Morgan fingerprint density at radius 3 is 1.88 bits per heavy atom. The molecule has 1 heterocycles. The van der Waals surface area contributed by atoms with Gasteiger partial charge in [0.2, 0.25) is 0 Å². The van der Waals surface area contributed by atoms with Crippen LogP contribution in [-0.4, -0.2) is 5.97 Å². The van der Waals surface area contributed by atoms with E-state index in [0.29, 0.717) is 10.6 Å². The summed E-state index contributed by atoms with van der Waals surface area (Å²) in [5, 5.41) is 0. The summed E-state index contributed by atoms with van der Waals surface area (Å²) < 4.78 is 5.63. The van der Waals surface area contributed by atoms with Crippen molar-refractivity contribution in [3.05, 3.63) is 76.0 Å². The molecule has 0 N–H and O–H groups in total. The molecule has 0 aliphatic heterocycles. The number of hydrogen-bond acceptors (Lipinski definition) is 3. The molecule has 0 fully saturated rings. The van der Waals surface area contributed by atoms with E-state index in [4.69, 9.17) is 4.74 Å². The Bertz CT molecular complexity index is 969. The molecule has 0 bridgehead atoms. The van der Waals surface area contributed by atoms with Crippen molar-refractivity contribution in [2.75, 3.05) is 0 Å². The van der Waals surface area contributed by atoms with E-state index in [-0.39, 0.29) is 5.97 Å². The quantitative estimate of drug-likeness (QED) is 0.124. The first-order chi connectivity index (χ1) is 16.7. The molecule has 0 aliphatic carbocycles. The highest BCUT2D eigenvalue weighted by Gasteiger charge is 2.12. The summed E-state index contributed by atoms with van der Waals surface area (Å²) in [7, 11) is 0. The van der Waals surface area contributed by atoms with Gasteiger partial charge >= 0.3 is 5.97 Å². The zero-order valence-electron chi connectivity index (χ0n) is 21.0. The van der Waals surface area contributed by atoms with Crippen LogP contribution in [0.1, 0.15) is 98.2 Å². The van der Waals surface area contributed by atoms with Gasteiger partial charge in [-0.1, -0.05) is 102 Å². The van der Waals surface area contributed by atoms with Crippen molar-refractivity contribution in [2.24, 2.45) is 0 Å². The minimum atomic E-state index is -0.264. The first kappa shape index (κ1) is 26.2. The molecular formula is C31H40O2S. The molecule has 0 spiro atoms. The van der Waals surface area contributed by atoms with Crippen molar-refractivity contribution in [1.29, 1.82) is 0 Å². The Balaban J connectivity index is 1.46. The highest BCUT2D eigenvalue weighted by atomic mass is 32.1. The Labute approximate surface area is 210 Å². The molecule has 0 radical (unpaired) electrons. The van der Waals surface area contributed by atoms with Gasteiger partial charge in [0, 0.05) is 4.88 Å². The molecule has 2 nitrogen and oxygen atoms in total. The summed E-state index contributed by atoms with van der Waals surface area (Å²) in [6.07, 6.45) is 15.1. The highest BCUT2D eigenvalue weighted by molar-refractivity contribution is 7.13. The molecule has 0 saturated heterocycles. The SMILES string of the molecule is CCCCCCCCc1ccc(C(=O)Oc2ccc(-c3ccc(CCCCCC)cc3)cc2)s1. The molecular weight excluding hydrogens is 436 g/mol. The number of unbranched alkanes of at least 4 members (excludes halogenated alkanes) is 8. The second kappa shape index (κ2) is 14.8. The number of carbonyl (C=O) groups excluding carboxylic acids is 1. The van der Waals surface area contributed by atoms with Gasteiger partial charge in [-0.15, -0.1) is 11.3 Å². The Morgan fingerprint density at radius 1 is 0.647 bits per heavy atom. The van der Waals surface area contributed by atoms with E-state index in [1.54, 1.807) is 11.3 Å². The van der Waals surface area contributed by atoms with Crippen molar-refractivity contribution in [2.45, 2.75) is 90.9 Å².